The second-order valence-corrected chi connectivity index (χ2v) is 6.24. The Labute approximate surface area is 134 Å². The summed E-state index contributed by atoms with van der Waals surface area (Å²) in [4.78, 5) is 12.9. The van der Waals surface area contributed by atoms with Crippen molar-refractivity contribution < 1.29 is 0 Å². The van der Waals surface area contributed by atoms with Crippen molar-refractivity contribution in [3.8, 4) is 0 Å². The third-order valence-corrected chi connectivity index (χ3v) is 4.43. The van der Waals surface area contributed by atoms with Gasteiger partial charge in [0.1, 0.15) is 11.8 Å². The molecule has 0 radical (unpaired) electrons. The summed E-state index contributed by atoms with van der Waals surface area (Å²) in [7, 11) is 0. The monoisotopic (exact) mass is 302 g/mol. The lowest BCUT2D eigenvalue weighted by molar-refractivity contribution is 0.405. The first-order valence-electron chi connectivity index (χ1n) is 8.99. The van der Waals surface area contributed by atoms with Crippen LogP contribution in [0.2, 0.25) is 0 Å². The maximum absolute atomic E-state index is 4.44. The molecule has 0 aliphatic rings. The number of aromatic nitrogens is 4. The second-order valence-electron chi connectivity index (χ2n) is 6.24. The number of hydrogen-bond donors (Lipinski definition) is 0. The molecule has 0 aliphatic carbocycles. The average molecular weight is 302 g/mol. The van der Waals surface area contributed by atoms with Crippen molar-refractivity contribution in [1.29, 1.82) is 0 Å². The van der Waals surface area contributed by atoms with Crippen molar-refractivity contribution >= 4 is 11.2 Å². The zero-order valence-electron chi connectivity index (χ0n) is 14.2. The van der Waals surface area contributed by atoms with Gasteiger partial charge in [-0.2, -0.15) is 0 Å². The van der Waals surface area contributed by atoms with Crippen LogP contribution in [-0.2, 0) is 0 Å². The average Bonchev–Trinajstić information content (AvgIpc) is 2.97. The van der Waals surface area contributed by atoms with Gasteiger partial charge in [0.2, 0.25) is 0 Å². The SMILES string of the molecule is CCCCCCCC(CCCCC)n1cnc2ncncc21. The predicted octanol–water partition coefficient (Wildman–Crippen LogP) is 5.31. The molecule has 2 aromatic heterocycles. The van der Waals surface area contributed by atoms with E-state index in [1.165, 1.54) is 64.2 Å². The molecule has 1 unspecified atom stereocenters. The van der Waals surface area contributed by atoms with Gasteiger partial charge in [-0.3, -0.25) is 0 Å². The molecule has 122 valence electrons. The number of nitrogens with zero attached hydrogens (tertiary/aromatic N) is 4. The number of unbranched alkanes of at least 4 members (excludes halogenated alkanes) is 6. The molecule has 1 atom stereocenters. The molecular formula is C18H30N4. The minimum atomic E-state index is 0.546. The van der Waals surface area contributed by atoms with Crippen molar-refractivity contribution in [2.24, 2.45) is 0 Å². The summed E-state index contributed by atoms with van der Waals surface area (Å²) in [5.41, 5.74) is 1.90. The normalized spacial score (nSPS) is 12.8. The highest BCUT2D eigenvalue weighted by atomic mass is 15.1. The fraction of sp³-hybridized carbons (Fsp3) is 0.722. The summed E-state index contributed by atoms with van der Waals surface area (Å²) in [6.07, 6.45) is 18.5. The van der Waals surface area contributed by atoms with E-state index in [2.05, 4.69) is 33.4 Å². The van der Waals surface area contributed by atoms with E-state index in [0.717, 1.165) is 11.2 Å². The molecule has 0 saturated heterocycles. The topological polar surface area (TPSA) is 43.6 Å². The van der Waals surface area contributed by atoms with Crippen LogP contribution >= 0.6 is 0 Å². The van der Waals surface area contributed by atoms with Crippen LogP contribution in [0.15, 0.2) is 18.9 Å². The van der Waals surface area contributed by atoms with Crippen LogP contribution in [0.3, 0.4) is 0 Å². The van der Waals surface area contributed by atoms with Gasteiger partial charge < -0.3 is 4.57 Å². The molecule has 0 aliphatic heterocycles. The Kier molecular flexibility index (Phi) is 7.34. The predicted molar refractivity (Wildman–Crippen MR) is 91.9 cm³/mol. The summed E-state index contributed by atoms with van der Waals surface area (Å²) in [5.74, 6) is 0. The number of imidazole rings is 1. The highest BCUT2D eigenvalue weighted by molar-refractivity contribution is 5.69. The first-order chi connectivity index (χ1) is 10.9. The number of hydrogen-bond acceptors (Lipinski definition) is 3. The Hall–Kier alpha value is -1.45. The molecule has 0 N–H and O–H groups in total. The summed E-state index contributed by atoms with van der Waals surface area (Å²) in [5, 5.41) is 0. The number of fused-ring (bicyclic) bond motifs is 1. The fourth-order valence-corrected chi connectivity index (χ4v) is 3.10. The van der Waals surface area contributed by atoms with E-state index in [9.17, 15) is 0 Å². The summed E-state index contributed by atoms with van der Waals surface area (Å²) in [6, 6.07) is 0.546. The maximum atomic E-state index is 4.44. The van der Waals surface area contributed by atoms with Gasteiger partial charge >= 0.3 is 0 Å². The third kappa shape index (κ3) is 4.79. The van der Waals surface area contributed by atoms with Gasteiger partial charge in [0.25, 0.3) is 0 Å². The van der Waals surface area contributed by atoms with E-state index in [0.29, 0.717) is 6.04 Å². The van der Waals surface area contributed by atoms with Crippen LogP contribution in [0, 0.1) is 0 Å². The molecule has 0 saturated carbocycles. The molecule has 0 amide bonds. The van der Waals surface area contributed by atoms with Crippen LogP contribution < -0.4 is 0 Å². The van der Waals surface area contributed by atoms with E-state index < -0.39 is 0 Å². The minimum Gasteiger partial charge on any atom is -0.325 e. The van der Waals surface area contributed by atoms with Crippen molar-refractivity contribution in [3.63, 3.8) is 0 Å². The van der Waals surface area contributed by atoms with E-state index in [4.69, 9.17) is 0 Å². The molecular weight excluding hydrogens is 272 g/mol. The molecule has 2 aromatic rings. The van der Waals surface area contributed by atoms with Crippen LogP contribution in [-0.4, -0.2) is 19.5 Å². The first kappa shape index (κ1) is 16.9. The maximum Gasteiger partial charge on any atom is 0.180 e. The molecule has 0 spiro atoms. The van der Waals surface area contributed by atoms with E-state index in [1.807, 2.05) is 12.5 Å². The third-order valence-electron chi connectivity index (χ3n) is 4.43. The molecule has 0 fully saturated rings. The Morgan fingerprint density at radius 3 is 2.36 bits per heavy atom. The van der Waals surface area contributed by atoms with Crippen molar-refractivity contribution in [2.75, 3.05) is 0 Å². The van der Waals surface area contributed by atoms with Crippen LogP contribution in [0.25, 0.3) is 11.2 Å². The van der Waals surface area contributed by atoms with E-state index in [-0.39, 0.29) is 0 Å². The van der Waals surface area contributed by atoms with Crippen LogP contribution in [0.5, 0.6) is 0 Å². The first-order valence-corrected chi connectivity index (χ1v) is 8.99. The van der Waals surface area contributed by atoms with E-state index >= 15 is 0 Å². The molecule has 0 aromatic carbocycles. The van der Waals surface area contributed by atoms with E-state index in [1.54, 1.807) is 6.33 Å². The van der Waals surface area contributed by atoms with Gasteiger partial charge in [-0.1, -0.05) is 65.2 Å². The standard InChI is InChI=1S/C18H30N4/c1-3-5-7-8-10-12-16(11-9-6-4-2)22-15-21-18-17(22)13-19-14-20-18/h13-16H,3-12H2,1-2H3. The van der Waals surface area contributed by atoms with Crippen LogP contribution in [0.1, 0.15) is 84.1 Å². The van der Waals surface area contributed by atoms with Gasteiger partial charge in [-0.05, 0) is 12.8 Å². The zero-order chi connectivity index (χ0) is 15.6. The summed E-state index contributed by atoms with van der Waals surface area (Å²) in [6.45, 7) is 4.53. The number of rotatable bonds is 11. The lowest BCUT2D eigenvalue weighted by Gasteiger charge is -2.19. The van der Waals surface area contributed by atoms with Gasteiger partial charge in [-0.25, -0.2) is 15.0 Å². The zero-order valence-corrected chi connectivity index (χ0v) is 14.2. The van der Waals surface area contributed by atoms with Gasteiger partial charge in [0.05, 0.1) is 12.5 Å². The molecule has 22 heavy (non-hydrogen) atoms. The molecule has 0 bridgehead atoms. The Morgan fingerprint density at radius 2 is 1.59 bits per heavy atom. The second kappa shape index (κ2) is 9.54. The summed E-state index contributed by atoms with van der Waals surface area (Å²) >= 11 is 0. The fourth-order valence-electron chi connectivity index (χ4n) is 3.10. The molecule has 2 rings (SSSR count). The summed E-state index contributed by atoms with van der Waals surface area (Å²) < 4.78 is 2.31. The molecule has 4 nitrogen and oxygen atoms in total. The lowest BCUT2D eigenvalue weighted by Crippen LogP contribution is -2.08. The largest absolute Gasteiger partial charge is 0.325 e. The molecule has 4 heteroatoms. The van der Waals surface area contributed by atoms with Crippen molar-refractivity contribution in [1.82, 2.24) is 19.5 Å². The van der Waals surface area contributed by atoms with Gasteiger partial charge in [0, 0.05) is 6.04 Å². The van der Waals surface area contributed by atoms with Gasteiger partial charge in [-0.15, -0.1) is 0 Å². The Morgan fingerprint density at radius 1 is 0.909 bits per heavy atom. The van der Waals surface area contributed by atoms with Crippen molar-refractivity contribution in [3.05, 3.63) is 18.9 Å². The lowest BCUT2D eigenvalue weighted by atomic mass is 10.0. The quantitative estimate of drug-likeness (QED) is 0.528. The van der Waals surface area contributed by atoms with Gasteiger partial charge in [0.15, 0.2) is 5.65 Å². The minimum absolute atomic E-state index is 0.546. The van der Waals surface area contributed by atoms with Crippen LogP contribution in [0.4, 0.5) is 0 Å². The Balaban J connectivity index is 1.99. The molecule has 2 heterocycles. The highest BCUT2D eigenvalue weighted by Crippen LogP contribution is 2.26. The Bertz CT molecular complexity index is 535. The van der Waals surface area contributed by atoms with Crippen molar-refractivity contribution in [2.45, 2.75) is 84.1 Å². The smallest absolute Gasteiger partial charge is 0.180 e. The highest BCUT2D eigenvalue weighted by Gasteiger charge is 2.14.